The van der Waals surface area contributed by atoms with Crippen LogP contribution in [0.25, 0.3) is 0 Å². The van der Waals surface area contributed by atoms with Gasteiger partial charge in [-0.1, -0.05) is 13.3 Å². The third-order valence-corrected chi connectivity index (χ3v) is 3.59. The van der Waals surface area contributed by atoms with Crippen LogP contribution in [-0.4, -0.2) is 51.1 Å². The quantitative estimate of drug-likeness (QED) is 0.628. The van der Waals surface area contributed by atoms with Crippen molar-refractivity contribution in [3.05, 3.63) is 0 Å². The molecule has 0 radical (unpaired) electrons. The highest BCUT2D eigenvalue weighted by molar-refractivity contribution is 5.85. The molecule has 1 rings (SSSR count). The molecule has 4 nitrogen and oxygen atoms in total. The van der Waals surface area contributed by atoms with Gasteiger partial charge >= 0.3 is 0 Å². The van der Waals surface area contributed by atoms with E-state index in [1.54, 1.807) is 0 Å². The van der Waals surface area contributed by atoms with Gasteiger partial charge in [0.25, 0.3) is 0 Å². The van der Waals surface area contributed by atoms with Gasteiger partial charge in [0.2, 0.25) is 5.91 Å². The van der Waals surface area contributed by atoms with E-state index in [4.69, 9.17) is 0 Å². The Morgan fingerprint density at radius 1 is 1.29 bits per heavy atom. The number of amides is 1. The molecule has 0 aromatic rings. The van der Waals surface area contributed by atoms with E-state index in [1.807, 2.05) is 7.05 Å². The fourth-order valence-corrected chi connectivity index (χ4v) is 2.18. The van der Waals surface area contributed by atoms with Crippen LogP contribution in [0, 0.1) is 5.41 Å². The van der Waals surface area contributed by atoms with Crippen molar-refractivity contribution < 1.29 is 4.79 Å². The van der Waals surface area contributed by atoms with Gasteiger partial charge in [0.1, 0.15) is 0 Å². The number of carbonyl (C=O) groups is 1. The summed E-state index contributed by atoms with van der Waals surface area (Å²) in [5.41, 5.74) is 0.0122. The Bertz CT molecular complexity index is 239. The second kappa shape index (κ2) is 6.97. The van der Waals surface area contributed by atoms with Crippen molar-refractivity contribution in [3.63, 3.8) is 0 Å². The van der Waals surface area contributed by atoms with Crippen LogP contribution in [0.15, 0.2) is 0 Å². The molecule has 17 heavy (non-hydrogen) atoms. The van der Waals surface area contributed by atoms with Crippen molar-refractivity contribution in [1.82, 2.24) is 15.5 Å². The van der Waals surface area contributed by atoms with Crippen LogP contribution < -0.4 is 10.6 Å². The molecule has 100 valence electrons. The molecule has 1 saturated carbocycles. The molecule has 1 fully saturated rings. The Balaban J connectivity index is 2.12. The first-order valence-electron chi connectivity index (χ1n) is 6.76. The van der Waals surface area contributed by atoms with Gasteiger partial charge in [-0.15, -0.1) is 0 Å². The maximum Gasteiger partial charge on any atom is 0.226 e. The van der Waals surface area contributed by atoms with E-state index in [-0.39, 0.29) is 11.3 Å². The predicted molar refractivity (Wildman–Crippen MR) is 71.0 cm³/mol. The number of hydrogen-bond acceptors (Lipinski definition) is 3. The average Bonchev–Trinajstić information content (AvgIpc) is 3.08. The van der Waals surface area contributed by atoms with Crippen molar-refractivity contribution in [2.45, 2.75) is 32.6 Å². The van der Waals surface area contributed by atoms with E-state index >= 15 is 0 Å². The molecule has 0 aliphatic heterocycles. The highest BCUT2D eigenvalue weighted by Gasteiger charge is 2.48. The lowest BCUT2D eigenvalue weighted by Gasteiger charge is -2.18. The van der Waals surface area contributed by atoms with Crippen molar-refractivity contribution in [2.24, 2.45) is 5.41 Å². The lowest BCUT2D eigenvalue weighted by molar-refractivity contribution is -0.126. The summed E-state index contributed by atoms with van der Waals surface area (Å²) in [5, 5.41) is 6.20. The summed E-state index contributed by atoms with van der Waals surface area (Å²) < 4.78 is 0. The van der Waals surface area contributed by atoms with Gasteiger partial charge in [-0.05, 0) is 33.4 Å². The molecule has 0 heterocycles. The first-order valence-corrected chi connectivity index (χ1v) is 6.76. The molecule has 0 unspecified atom stereocenters. The molecule has 0 spiro atoms. The van der Waals surface area contributed by atoms with Gasteiger partial charge in [-0.3, -0.25) is 4.79 Å². The van der Waals surface area contributed by atoms with Gasteiger partial charge in [0, 0.05) is 31.6 Å². The molecular formula is C13H27N3O. The van der Waals surface area contributed by atoms with Gasteiger partial charge in [0.05, 0.1) is 0 Å². The molecule has 1 amide bonds. The smallest absolute Gasteiger partial charge is 0.226 e. The maximum atomic E-state index is 12.0. The number of nitrogens with one attached hydrogen (secondary N) is 2. The van der Waals surface area contributed by atoms with E-state index in [0.717, 1.165) is 51.9 Å². The van der Waals surface area contributed by atoms with Crippen molar-refractivity contribution >= 4 is 5.91 Å². The van der Waals surface area contributed by atoms with Gasteiger partial charge < -0.3 is 15.5 Å². The second-order valence-corrected chi connectivity index (χ2v) is 5.19. The SMILES string of the molecule is CCCC1(C(=O)NCCN(C)CCNC)CC1. The largest absolute Gasteiger partial charge is 0.354 e. The third-order valence-electron chi connectivity index (χ3n) is 3.59. The molecule has 0 saturated heterocycles. The molecule has 0 aromatic carbocycles. The fraction of sp³-hybridized carbons (Fsp3) is 0.923. The lowest BCUT2D eigenvalue weighted by Crippen LogP contribution is -2.38. The number of hydrogen-bond donors (Lipinski definition) is 2. The van der Waals surface area contributed by atoms with Gasteiger partial charge in [-0.2, -0.15) is 0 Å². The molecule has 4 heteroatoms. The minimum absolute atomic E-state index is 0.0122. The van der Waals surface area contributed by atoms with Crippen LogP contribution in [0.5, 0.6) is 0 Å². The van der Waals surface area contributed by atoms with E-state index in [0.29, 0.717) is 0 Å². The Morgan fingerprint density at radius 2 is 1.94 bits per heavy atom. The average molecular weight is 241 g/mol. The summed E-state index contributed by atoms with van der Waals surface area (Å²) in [6.45, 7) is 5.86. The summed E-state index contributed by atoms with van der Waals surface area (Å²) >= 11 is 0. The second-order valence-electron chi connectivity index (χ2n) is 5.19. The van der Waals surface area contributed by atoms with E-state index in [9.17, 15) is 4.79 Å². The summed E-state index contributed by atoms with van der Waals surface area (Å²) in [5.74, 6) is 0.279. The lowest BCUT2D eigenvalue weighted by atomic mass is 10.00. The summed E-state index contributed by atoms with van der Waals surface area (Å²) in [7, 11) is 4.04. The first kappa shape index (κ1) is 14.5. The summed E-state index contributed by atoms with van der Waals surface area (Å²) in [6, 6.07) is 0. The summed E-state index contributed by atoms with van der Waals surface area (Å²) in [4.78, 5) is 14.2. The van der Waals surface area contributed by atoms with Gasteiger partial charge in [-0.25, -0.2) is 0 Å². The zero-order chi connectivity index (χ0) is 12.7. The van der Waals surface area contributed by atoms with Crippen molar-refractivity contribution in [3.8, 4) is 0 Å². The number of likely N-dealkylation sites (N-methyl/N-ethyl adjacent to an activating group) is 2. The van der Waals surface area contributed by atoms with Crippen LogP contribution in [0.3, 0.4) is 0 Å². The first-order chi connectivity index (χ1) is 8.14. The number of carbonyl (C=O) groups excluding carboxylic acids is 1. The molecule has 1 aliphatic rings. The summed E-state index contributed by atoms with van der Waals surface area (Å²) in [6.07, 6.45) is 4.33. The zero-order valence-corrected chi connectivity index (χ0v) is 11.5. The highest BCUT2D eigenvalue weighted by Crippen LogP contribution is 2.49. The van der Waals surface area contributed by atoms with E-state index < -0.39 is 0 Å². The Morgan fingerprint density at radius 3 is 2.47 bits per heavy atom. The van der Waals surface area contributed by atoms with E-state index in [2.05, 4.69) is 29.5 Å². The monoisotopic (exact) mass is 241 g/mol. The number of nitrogens with zero attached hydrogens (tertiary/aromatic N) is 1. The Labute approximate surface area is 105 Å². The molecule has 0 atom stereocenters. The topological polar surface area (TPSA) is 44.4 Å². The van der Waals surface area contributed by atoms with Crippen LogP contribution in [0.1, 0.15) is 32.6 Å². The molecule has 0 bridgehead atoms. The Kier molecular flexibility index (Phi) is 5.92. The molecular weight excluding hydrogens is 214 g/mol. The van der Waals surface area contributed by atoms with Gasteiger partial charge in [0.15, 0.2) is 0 Å². The zero-order valence-electron chi connectivity index (χ0n) is 11.5. The van der Waals surface area contributed by atoms with Crippen LogP contribution in [0.2, 0.25) is 0 Å². The third kappa shape index (κ3) is 4.64. The van der Waals surface area contributed by atoms with Crippen LogP contribution >= 0.6 is 0 Å². The van der Waals surface area contributed by atoms with Crippen LogP contribution in [0.4, 0.5) is 0 Å². The van der Waals surface area contributed by atoms with Crippen LogP contribution in [-0.2, 0) is 4.79 Å². The number of rotatable bonds is 9. The highest BCUT2D eigenvalue weighted by atomic mass is 16.2. The minimum atomic E-state index is 0.0122. The fourth-order valence-electron chi connectivity index (χ4n) is 2.18. The van der Waals surface area contributed by atoms with E-state index in [1.165, 1.54) is 0 Å². The van der Waals surface area contributed by atoms with Crippen molar-refractivity contribution in [1.29, 1.82) is 0 Å². The maximum absolute atomic E-state index is 12.0. The molecule has 0 aromatic heterocycles. The predicted octanol–water partition coefficient (Wildman–Crippen LogP) is 0.834. The van der Waals surface area contributed by atoms with Crippen molar-refractivity contribution in [2.75, 3.05) is 40.3 Å². The minimum Gasteiger partial charge on any atom is -0.354 e. The molecule has 2 N–H and O–H groups in total. The Hall–Kier alpha value is -0.610. The molecule has 1 aliphatic carbocycles. The standard InChI is InChI=1S/C13H27N3O/c1-4-5-13(6-7-13)12(17)15-9-11-16(3)10-8-14-2/h14H,4-11H2,1-3H3,(H,15,17). The normalized spacial score (nSPS) is 17.2.